The average molecular weight is 416 g/mol. The molecule has 1 unspecified atom stereocenters. The summed E-state index contributed by atoms with van der Waals surface area (Å²) in [5, 5.41) is 2.27. The molecule has 0 radical (unpaired) electrons. The van der Waals surface area contributed by atoms with Crippen LogP contribution >= 0.6 is 23.2 Å². The van der Waals surface area contributed by atoms with Crippen molar-refractivity contribution in [2.24, 2.45) is 0 Å². The lowest BCUT2D eigenvalue weighted by atomic mass is 10.2. The first-order valence-corrected chi connectivity index (χ1v) is 8.40. The molecule has 0 bridgehead atoms. The molecule has 0 aliphatic rings. The molecule has 0 fully saturated rings. The maximum absolute atomic E-state index is 13.5. The molecule has 0 spiro atoms. The van der Waals surface area contributed by atoms with E-state index >= 15 is 0 Å². The van der Waals surface area contributed by atoms with Crippen molar-refractivity contribution >= 4 is 40.8 Å². The first-order valence-electron chi connectivity index (χ1n) is 7.65. The Kier molecular flexibility index (Phi) is 6.87. The second-order valence-electron chi connectivity index (χ2n) is 5.35. The SMILES string of the molecule is COc1ccc(NC(=O)C(C)OC(=O)c2cc(F)c(Cl)cc2Cl)cc1OC. The topological polar surface area (TPSA) is 73.9 Å². The highest BCUT2D eigenvalue weighted by atomic mass is 35.5. The molecule has 2 aromatic rings. The molecule has 2 rings (SSSR count). The van der Waals surface area contributed by atoms with Gasteiger partial charge in [-0.15, -0.1) is 0 Å². The molecule has 27 heavy (non-hydrogen) atoms. The van der Waals surface area contributed by atoms with Crippen molar-refractivity contribution in [3.63, 3.8) is 0 Å². The molecule has 0 heterocycles. The maximum atomic E-state index is 13.5. The second kappa shape index (κ2) is 8.92. The molecule has 0 saturated heterocycles. The average Bonchev–Trinajstić information content (AvgIpc) is 2.64. The van der Waals surface area contributed by atoms with Gasteiger partial charge >= 0.3 is 5.97 Å². The number of ether oxygens (including phenoxy) is 3. The molecule has 9 heteroatoms. The van der Waals surface area contributed by atoms with Crippen molar-refractivity contribution in [3.05, 3.63) is 51.8 Å². The van der Waals surface area contributed by atoms with Crippen LogP contribution in [-0.4, -0.2) is 32.2 Å². The number of hydrogen-bond donors (Lipinski definition) is 1. The molecule has 0 saturated carbocycles. The van der Waals surface area contributed by atoms with Crippen LogP contribution in [0.5, 0.6) is 11.5 Å². The Morgan fingerprint density at radius 1 is 1.04 bits per heavy atom. The fourth-order valence-electron chi connectivity index (χ4n) is 2.11. The summed E-state index contributed by atoms with van der Waals surface area (Å²) in [5.74, 6) is -1.46. The number of halogens is 3. The minimum Gasteiger partial charge on any atom is -0.493 e. The zero-order chi connectivity index (χ0) is 20.1. The molecule has 1 N–H and O–H groups in total. The monoisotopic (exact) mass is 415 g/mol. The van der Waals surface area contributed by atoms with Crippen LogP contribution in [0.4, 0.5) is 10.1 Å². The standard InChI is InChI=1S/C18H16Cl2FNO5/c1-9(27-18(24)11-7-14(21)13(20)8-12(11)19)17(23)22-10-4-5-15(25-2)16(6-10)26-3/h4-9H,1-3H3,(H,22,23). The molecule has 144 valence electrons. The van der Waals surface area contributed by atoms with Gasteiger partial charge in [0.2, 0.25) is 0 Å². The molecule has 0 aliphatic carbocycles. The third-order valence-electron chi connectivity index (χ3n) is 3.53. The number of hydrogen-bond acceptors (Lipinski definition) is 5. The van der Waals surface area contributed by atoms with E-state index < -0.39 is 23.8 Å². The number of esters is 1. The Morgan fingerprint density at radius 2 is 1.70 bits per heavy atom. The zero-order valence-electron chi connectivity index (χ0n) is 14.6. The van der Waals surface area contributed by atoms with E-state index in [1.807, 2.05) is 0 Å². The highest BCUT2D eigenvalue weighted by molar-refractivity contribution is 6.36. The third-order valence-corrected chi connectivity index (χ3v) is 4.14. The first kappa shape index (κ1) is 20.8. The van der Waals surface area contributed by atoms with Gasteiger partial charge in [-0.2, -0.15) is 0 Å². The van der Waals surface area contributed by atoms with E-state index in [9.17, 15) is 14.0 Å². The summed E-state index contributed by atoms with van der Waals surface area (Å²) in [5.41, 5.74) is 0.181. The van der Waals surface area contributed by atoms with Gasteiger partial charge in [-0.25, -0.2) is 9.18 Å². The van der Waals surface area contributed by atoms with E-state index in [0.29, 0.717) is 17.2 Å². The summed E-state index contributed by atoms with van der Waals surface area (Å²) >= 11 is 11.5. The van der Waals surface area contributed by atoms with Crippen molar-refractivity contribution in [3.8, 4) is 11.5 Å². The van der Waals surface area contributed by atoms with Crippen LogP contribution in [0.1, 0.15) is 17.3 Å². The van der Waals surface area contributed by atoms with Crippen LogP contribution < -0.4 is 14.8 Å². The fourth-order valence-corrected chi connectivity index (χ4v) is 2.57. The highest BCUT2D eigenvalue weighted by Crippen LogP contribution is 2.30. The van der Waals surface area contributed by atoms with Crippen LogP contribution in [0.25, 0.3) is 0 Å². The summed E-state index contributed by atoms with van der Waals surface area (Å²) < 4.78 is 28.9. The van der Waals surface area contributed by atoms with E-state index in [0.717, 1.165) is 12.1 Å². The second-order valence-corrected chi connectivity index (χ2v) is 6.17. The van der Waals surface area contributed by atoms with Gasteiger partial charge in [0, 0.05) is 11.8 Å². The first-order chi connectivity index (χ1) is 12.8. The van der Waals surface area contributed by atoms with E-state index in [1.54, 1.807) is 18.2 Å². The van der Waals surface area contributed by atoms with E-state index in [2.05, 4.69) is 5.32 Å². The predicted molar refractivity (Wildman–Crippen MR) is 99.5 cm³/mol. The van der Waals surface area contributed by atoms with Gasteiger partial charge in [-0.3, -0.25) is 4.79 Å². The van der Waals surface area contributed by atoms with E-state index in [-0.39, 0.29) is 15.6 Å². The molecular formula is C18H16Cl2FNO5. The largest absolute Gasteiger partial charge is 0.493 e. The fraction of sp³-hybridized carbons (Fsp3) is 0.222. The van der Waals surface area contributed by atoms with Gasteiger partial charge in [0.15, 0.2) is 17.6 Å². The third kappa shape index (κ3) is 5.02. The summed E-state index contributed by atoms with van der Waals surface area (Å²) in [6.45, 7) is 1.37. The Balaban J connectivity index is 2.07. The van der Waals surface area contributed by atoms with Crippen molar-refractivity contribution in [2.45, 2.75) is 13.0 Å². The molecule has 1 amide bonds. The van der Waals surface area contributed by atoms with Gasteiger partial charge in [0.1, 0.15) is 5.82 Å². The lowest BCUT2D eigenvalue weighted by Crippen LogP contribution is -2.30. The molecule has 2 aromatic carbocycles. The smallest absolute Gasteiger partial charge is 0.340 e. The molecule has 1 atom stereocenters. The number of methoxy groups -OCH3 is 2. The Labute approximate surface area is 165 Å². The quantitative estimate of drug-likeness (QED) is 0.561. The van der Waals surface area contributed by atoms with Gasteiger partial charge in [0.25, 0.3) is 5.91 Å². The lowest BCUT2D eigenvalue weighted by Gasteiger charge is -2.15. The maximum Gasteiger partial charge on any atom is 0.340 e. The summed E-state index contributed by atoms with van der Waals surface area (Å²) in [6, 6.07) is 6.70. The van der Waals surface area contributed by atoms with Crippen LogP contribution in [-0.2, 0) is 9.53 Å². The lowest BCUT2D eigenvalue weighted by molar-refractivity contribution is -0.123. The molecule has 6 nitrogen and oxygen atoms in total. The number of rotatable bonds is 6. The Hall–Kier alpha value is -2.51. The molecule has 0 aromatic heterocycles. The minimum atomic E-state index is -1.17. The van der Waals surface area contributed by atoms with Gasteiger partial charge in [-0.05, 0) is 31.2 Å². The van der Waals surface area contributed by atoms with E-state index in [4.69, 9.17) is 37.4 Å². The van der Waals surface area contributed by atoms with Crippen molar-refractivity contribution < 1.29 is 28.2 Å². The normalized spacial score (nSPS) is 11.5. The predicted octanol–water partition coefficient (Wildman–Crippen LogP) is 4.33. The van der Waals surface area contributed by atoms with Crippen LogP contribution in [0, 0.1) is 5.82 Å². The minimum absolute atomic E-state index is 0.0844. The summed E-state index contributed by atoms with van der Waals surface area (Å²) in [6.07, 6.45) is -1.17. The molecular weight excluding hydrogens is 400 g/mol. The van der Waals surface area contributed by atoms with Crippen molar-refractivity contribution in [1.29, 1.82) is 0 Å². The Morgan fingerprint density at radius 3 is 2.33 bits per heavy atom. The number of carbonyl (C=O) groups is 2. The number of carbonyl (C=O) groups excluding carboxylic acids is 2. The summed E-state index contributed by atoms with van der Waals surface area (Å²) in [7, 11) is 2.95. The number of amides is 1. The number of anilines is 1. The van der Waals surface area contributed by atoms with Gasteiger partial charge < -0.3 is 19.5 Å². The number of nitrogens with one attached hydrogen (secondary N) is 1. The van der Waals surface area contributed by atoms with Crippen molar-refractivity contribution in [1.82, 2.24) is 0 Å². The van der Waals surface area contributed by atoms with Crippen molar-refractivity contribution in [2.75, 3.05) is 19.5 Å². The zero-order valence-corrected chi connectivity index (χ0v) is 16.2. The number of benzene rings is 2. The van der Waals surface area contributed by atoms with Crippen LogP contribution in [0.3, 0.4) is 0 Å². The van der Waals surface area contributed by atoms with E-state index in [1.165, 1.54) is 21.1 Å². The Bertz CT molecular complexity index is 875. The highest BCUT2D eigenvalue weighted by Gasteiger charge is 2.22. The molecule has 0 aliphatic heterocycles. The van der Waals surface area contributed by atoms with Crippen LogP contribution in [0.15, 0.2) is 30.3 Å². The summed E-state index contributed by atoms with van der Waals surface area (Å²) in [4.78, 5) is 24.4. The van der Waals surface area contributed by atoms with Gasteiger partial charge in [-0.1, -0.05) is 23.2 Å². The van der Waals surface area contributed by atoms with Crippen LogP contribution in [0.2, 0.25) is 10.0 Å². The van der Waals surface area contributed by atoms with Gasteiger partial charge in [0.05, 0.1) is 29.8 Å².